The summed E-state index contributed by atoms with van der Waals surface area (Å²) in [5, 5.41) is 19.8. The number of carbonyl (C=O) groups is 2. The van der Waals surface area contributed by atoms with E-state index in [2.05, 4.69) is 0 Å². The van der Waals surface area contributed by atoms with Gasteiger partial charge in [0.25, 0.3) is 11.9 Å². The number of ether oxygens (including phenoxy) is 2. The second kappa shape index (κ2) is 7.18. The number of ketones is 1. The van der Waals surface area contributed by atoms with Gasteiger partial charge in [-0.3, -0.25) is 20.3 Å². The second-order valence-corrected chi connectivity index (χ2v) is 7.79. The first kappa shape index (κ1) is 19.7. The van der Waals surface area contributed by atoms with Crippen LogP contribution in [0.4, 0.5) is 0 Å². The molecule has 3 rings (SSSR count). The number of nitrogens with one attached hydrogen (secondary N) is 1. The Bertz CT molecular complexity index is 884. The number of allylic oxidation sites excluding steroid dienone is 1. The first-order valence-electron chi connectivity index (χ1n) is 9.07. The maximum Gasteiger partial charge on any atom is 0.338 e. The molecule has 2 unspecified atom stereocenters. The van der Waals surface area contributed by atoms with Crippen LogP contribution in [0.25, 0.3) is 0 Å². The van der Waals surface area contributed by atoms with E-state index in [9.17, 15) is 19.7 Å². The van der Waals surface area contributed by atoms with Crippen LogP contribution in [0.15, 0.2) is 35.6 Å². The minimum absolute atomic E-state index is 0.204. The fourth-order valence-electron chi connectivity index (χ4n) is 3.83. The van der Waals surface area contributed by atoms with Crippen LogP contribution in [-0.2, 0) is 14.3 Å². The molecule has 1 aliphatic carbocycles. The van der Waals surface area contributed by atoms with Crippen LogP contribution >= 0.6 is 0 Å². The molecule has 8 nitrogen and oxygen atoms in total. The molecule has 0 radical (unpaired) electrons. The molecule has 28 heavy (non-hydrogen) atoms. The molecule has 0 spiro atoms. The molecule has 1 N–H and O–H groups in total. The number of esters is 1. The molecule has 1 aliphatic heterocycles. The van der Waals surface area contributed by atoms with Gasteiger partial charge in [-0.15, -0.1) is 0 Å². The summed E-state index contributed by atoms with van der Waals surface area (Å²) in [6, 6.07) is 4.69. The lowest BCUT2D eigenvalue weighted by Gasteiger charge is -2.38. The zero-order chi connectivity index (χ0) is 20.6. The largest absolute Gasteiger partial charge is 0.462 e. The number of benzene rings is 1. The van der Waals surface area contributed by atoms with Gasteiger partial charge < -0.3 is 9.47 Å². The minimum Gasteiger partial charge on any atom is -0.462 e. The maximum atomic E-state index is 12.9. The third-order valence-corrected chi connectivity index (χ3v) is 5.02. The summed E-state index contributed by atoms with van der Waals surface area (Å²) in [4.78, 5) is 35.8. The van der Waals surface area contributed by atoms with Gasteiger partial charge in [0, 0.05) is 23.3 Å². The quantitative estimate of drug-likeness (QED) is 0.482. The fraction of sp³-hybridized carbons (Fsp3) is 0.450. The highest BCUT2D eigenvalue weighted by Crippen LogP contribution is 2.46. The van der Waals surface area contributed by atoms with Crippen molar-refractivity contribution in [2.75, 3.05) is 6.61 Å². The molecule has 0 amide bonds. The molecule has 0 fully saturated rings. The van der Waals surface area contributed by atoms with E-state index in [0.717, 1.165) is 0 Å². The molecule has 1 aromatic rings. The summed E-state index contributed by atoms with van der Waals surface area (Å²) in [6.07, 6.45) is 0.683. The zero-order valence-corrected chi connectivity index (χ0v) is 16.0. The van der Waals surface area contributed by atoms with E-state index in [0.29, 0.717) is 23.3 Å². The van der Waals surface area contributed by atoms with Crippen LogP contribution in [0, 0.1) is 20.9 Å². The number of rotatable bonds is 4. The summed E-state index contributed by atoms with van der Waals surface area (Å²) in [7, 11) is 0. The molecular weight excluding hydrogens is 364 g/mol. The Balaban J connectivity index is 2.08. The van der Waals surface area contributed by atoms with E-state index in [1.165, 1.54) is 12.1 Å². The van der Waals surface area contributed by atoms with Crippen LogP contribution in [-0.4, -0.2) is 35.2 Å². The molecule has 0 aromatic heterocycles. The second-order valence-electron chi connectivity index (χ2n) is 7.79. The smallest absolute Gasteiger partial charge is 0.338 e. The van der Waals surface area contributed by atoms with Crippen molar-refractivity contribution in [2.24, 2.45) is 5.41 Å². The summed E-state index contributed by atoms with van der Waals surface area (Å²) in [5.74, 6) is -1.76. The summed E-state index contributed by atoms with van der Waals surface area (Å²) in [5.41, 5.74) is 0.732. The Morgan fingerprint density at radius 3 is 2.54 bits per heavy atom. The van der Waals surface area contributed by atoms with Crippen molar-refractivity contribution in [3.8, 4) is 0 Å². The van der Waals surface area contributed by atoms with Crippen molar-refractivity contribution in [3.63, 3.8) is 0 Å². The number of carbonyl (C=O) groups excluding carboxylic acids is 2. The maximum absolute atomic E-state index is 12.9. The average Bonchev–Trinajstić information content (AvgIpc) is 2.59. The van der Waals surface area contributed by atoms with Crippen LogP contribution in [0.5, 0.6) is 0 Å². The van der Waals surface area contributed by atoms with Crippen LogP contribution in [0.3, 0.4) is 0 Å². The van der Waals surface area contributed by atoms with Gasteiger partial charge >= 0.3 is 5.97 Å². The van der Waals surface area contributed by atoms with Crippen LogP contribution in [0.1, 0.15) is 55.5 Å². The number of nitrogens with zero attached hydrogens (tertiary/aromatic N) is 1. The molecule has 0 saturated carbocycles. The fourth-order valence-corrected chi connectivity index (χ4v) is 3.83. The van der Waals surface area contributed by atoms with Gasteiger partial charge in [0.05, 0.1) is 18.1 Å². The lowest BCUT2D eigenvalue weighted by Crippen LogP contribution is -2.45. The van der Waals surface area contributed by atoms with Crippen molar-refractivity contribution in [1.29, 1.82) is 5.41 Å². The van der Waals surface area contributed by atoms with Gasteiger partial charge in [-0.05, 0) is 30.0 Å². The standard InChI is InChI=1S/C20H22N2O6/c1-4-27-19(24)12-7-5-11(6-8-12)15-16-13(23)9-20(2,3)10-14(16)28-18(21)17(15)22(25)26/h5-8,15,17,21H,4,9-10H2,1-3H3. The Morgan fingerprint density at radius 2 is 1.96 bits per heavy atom. The van der Waals surface area contributed by atoms with Gasteiger partial charge in [0.1, 0.15) is 5.76 Å². The van der Waals surface area contributed by atoms with E-state index in [1.54, 1.807) is 19.1 Å². The number of hydrogen-bond donors (Lipinski definition) is 1. The van der Waals surface area contributed by atoms with E-state index >= 15 is 0 Å². The molecule has 8 heteroatoms. The first-order chi connectivity index (χ1) is 13.1. The van der Waals surface area contributed by atoms with E-state index < -0.39 is 28.8 Å². The Labute approximate surface area is 162 Å². The summed E-state index contributed by atoms with van der Waals surface area (Å²) >= 11 is 0. The minimum atomic E-state index is -1.49. The van der Waals surface area contributed by atoms with Crippen molar-refractivity contribution in [1.82, 2.24) is 0 Å². The Kier molecular flexibility index (Phi) is 5.06. The van der Waals surface area contributed by atoms with Crippen molar-refractivity contribution >= 4 is 17.7 Å². The number of nitro groups is 1. The third kappa shape index (κ3) is 3.54. The predicted octanol–water partition coefficient (Wildman–Crippen LogP) is 3.24. The van der Waals surface area contributed by atoms with Crippen molar-refractivity contribution < 1.29 is 24.0 Å². The first-order valence-corrected chi connectivity index (χ1v) is 9.07. The molecule has 2 aliphatic rings. The molecule has 1 aromatic carbocycles. The molecule has 0 saturated heterocycles. The number of hydrogen-bond acceptors (Lipinski definition) is 7. The van der Waals surface area contributed by atoms with Crippen LogP contribution in [0.2, 0.25) is 0 Å². The third-order valence-electron chi connectivity index (χ3n) is 5.02. The average molecular weight is 386 g/mol. The lowest BCUT2D eigenvalue weighted by atomic mass is 9.70. The molecule has 148 valence electrons. The topological polar surface area (TPSA) is 120 Å². The van der Waals surface area contributed by atoms with Gasteiger partial charge in [-0.2, -0.15) is 0 Å². The monoisotopic (exact) mass is 386 g/mol. The highest BCUT2D eigenvalue weighted by molar-refractivity contribution is 6.02. The van der Waals surface area contributed by atoms with Gasteiger partial charge in [0.2, 0.25) is 0 Å². The normalized spacial score (nSPS) is 23.7. The van der Waals surface area contributed by atoms with E-state index in [-0.39, 0.29) is 29.8 Å². The Hall–Kier alpha value is -3.03. The van der Waals surface area contributed by atoms with Gasteiger partial charge in [-0.25, -0.2) is 4.79 Å². The summed E-state index contributed by atoms with van der Waals surface area (Å²) in [6.45, 7) is 5.78. The molecule has 1 heterocycles. The highest BCUT2D eigenvalue weighted by Gasteiger charge is 2.51. The predicted molar refractivity (Wildman–Crippen MR) is 99.8 cm³/mol. The SMILES string of the molecule is CCOC(=O)c1ccc(C2C3=C(CC(C)(C)CC3=O)OC(=N)C2[N+](=O)[O-])cc1. The van der Waals surface area contributed by atoms with Crippen LogP contribution < -0.4 is 0 Å². The molecule has 2 atom stereocenters. The van der Waals surface area contributed by atoms with Crippen molar-refractivity contribution in [3.05, 3.63) is 56.8 Å². The lowest BCUT2D eigenvalue weighted by molar-refractivity contribution is -0.508. The van der Waals surface area contributed by atoms with E-state index in [4.69, 9.17) is 14.9 Å². The summed E-state index contributed by atoms with van der Waals surface area (Å²) < 4.78 is 10.4. The number of Topliss-reactive ketones (excluding diaryl/α,β-unsaturated/α-hetero) is 1. The molecular formula is C20H22N2O6. The van der Waals surface area contributed by atoms with Gasteiger partial charge in [-0.1, -0.05) is 26.0 Å². The molecule has 0 bridgehead atoms. The zero-order valence-electron chi connectivity index (χ0n) is 16.0. The van der Waals surface area contributed by atoms with Gasteiger partial charge in [0.15, 0.2) is 5.78 Å². The highest BCUT2D eigenvalue weighted by atomic mass is 16.6. The Morgan fingerprint density at radius 1 is 1.32 bits per heavy atom. The van der Waals surface area contributed by atoms with Crippen molar-refractivity contribution in [2.45, 2.75) is 45.6 Å². The van der Waals surface area contributed by atoms with E-state index in [1.807, 2.05) is 13.8 Å².